The van der Waals surface area contributed by atoms with Gasteiger partial charge in [-0.05, 0) is 30.9 Å². The van der Waals surface area contributed by atoms with Crippen LogP contribution < -0.4 is 20.7 Å². The van der Waals surface area contributed by atoms with Gasteiger partial charge in [0.05, 0.1) is 7.11 Å². The fourth-order valence-electron chi connectivity index (χ4n) is 2.77. The van der Waals surface area contributed by atoms with Crippen LogP contribution in [0.3, 0.4) is 0 Å². The minimum atomic E-state index is -0.119. The van der Waals surface area contributed by atoms with Gasteiger partial charge >= 0.3 is 0 Å². The smallest absolute Gasteiger partial charge is 0.242 e. The molecule has 0 spiro atoms. The van der Waals surface area contributed by atoms with Crippen molar-refractivity contribution in [2.24, 2.45) is 5.73 Å². The molecular formula is C15H23N3O2. The molecule has 5 heteroatoms. The first-order chi connectivity index (χ1) is 9.71. The van der Waals surface area contributed by atoms with E-state index in [1.54, 1.807) is 14.2 Å². The van der Waals surface area contributed by atoms with E-state index in [1.165, 1.54) is 0 Å². The van der Waals surface area contributed by atoms with E-state index in [-0.39, 0.29) is 11.9 Å². The van der Waals surface area contributed by atoms with Crippen LogP contribution in [-0.2, 0) is 11.3 Å². The maximum Gasteiger partial charge on any atom is 0.242 e. The highest BCUT2D eigenvalue weighted by Crippen LogP contribution is 2.31. The summed E-state index contributed by atoms with van der Waals surface area (Å²) >= 11 is 0. The van der Waals surface area contributed by atoms with Crippen molar-refractivity contribution in [1.82, 2.24) is 5.32 Å². The molecule has 1 saturated heterocycles. The lowest BCUT2D eigenvalue weighted by molar-refractivity contribution is -0.122. The Hall–Kier alpha value is -1.75. The van der Waals surface area contributed by atoms with Crippen molar-refractivity contribution < 1.29 is 9.53 Å². The molecule has 0 saturated carbocycles. The monoisotopic (exact) mass is 277 g/mol. The Balaban J connectivity index is 2.37. The molecule has 20 heavy (non-hydrogen) atoms. The molecule has 5 nitrogen and oxygen atoms in total. The van der Waals surface area contributed by atoms with Crippen molar-refractivity contribution in [3.8, 4) is 5.75 Å². The lowest BCUT2D eigenvalue weighted by atomic mass is 9.99. The van der Waals surface area contributed by atoms with Gasteiger partial charge in [-0.1, -0.05) is 6.07 Å². The van der Waals surface area contributed by atoms with Gasteiger partial charge in [0.2, 0.25) is 5.91 Å². The van der Waals surface area contributed by atoms with Crippen LogP contribution in [0.2, 0.25) is 0 Å². The lowest BCUT2D eigenvalue weighted by Gasteiger charge is -2.37. The largest absolute Gasteiger partial charge is 0.497 e. The normalized spacial score (nSPS) is 18.8. The van der Waals surface area contributed by atoms with Gasteiger partial charge in [-0.3, -0.25) is 4.79 Å². The lowest BCUT2D eigenvalue weighted by Crippen LogP contribution is -2.49. The zero-order valence-electron chi connectivity index (χ0n) is 12.2. The number of carbonyl (C=O) groups excluding carboxylic acids is 1. The number of hydrogen-bond acceptors (Lipinski definition) is 4. The third-order valence-corrected chi connectivity index (χ3v) is 3.87. The van der Waals surface area contributed by atoms with E-state index in [2.05, 4.69) is 10.2 Å². The summed E-state index contributed by atoms with van der Waals surface area (Å²) in [5.41, 5.74) is 7.89. The van der Waals surface area contributed by atoms with Gasteiger partial charge in [-0.2, -0.15) is 0 Å². The van der Waals surface area contributed by atoms with Crippen LogP contribution in [0.1, 0.15) is 24.8 Å². The minimum Gasteiger partial charge on any atom is -0.497 e. The number of ether oxygens (including phenoxy) is 1. The van der Waals surface area contributed by atoms with Crippen molar-refractivity contribution in [3.63, 3.8) is 0 Å². The summed E-state index contributed by atoms with van der Waals surface area (Å²) in [6.07, 6.45) is 3.05. The third kappa shape index (κ3) is 2.88. The van der Waals surface area contributed by atoms with E-state index in [9.17, 15) is 4.79 Å². The molecule has 110 valence electrons. The average molecular weight is 277 g/mol. The van der Waals surface area contributed by atoms with Crippen LogP contribution in [0.4, 0.5) is 5.69 Å². The van der Waals surface area contributed by atoms with Crippen molar-refractivity contribution in [1.29, 1.82) is 0 Å². The fraction of sp³-hybridized carbons (Fsp3) is 0.533. The van der Waals surface area contributed by atoms with Crippen molar-refractivity contribution >= 4 is 11.6 Å². The Morgan fingerprint density at radius 2 is 2.30 bits per heavy atom. The minimum absolute atomic E-state index is 0.0653. The van der Waals surface area contributed by atoms with Crippen molar-refractivity contribution in [3.05, 3.63) is 23.8 Å². The summed E-state index contributed by atoms with van der Waals surface area (Å²) in [6, 6.07) is 5.74. The average Bonchev–Trinajstić information content (AvgIpc) is 2.53. The molecule has 0 radical (unpaired) electrons. The van der Waals surface area contributed by atoms with Gasteiger partial charge < -0.3 is 20.7 Å². The number of nitrogens with zero attached hydrogens (tertiary/aromatic N) is 1. The molecule has 0 bridgehead atoms. The molecular weight excluding hydrogens is 254 g/mol. The van der Waals surface area contributed by atoms with Crippen LogP contribution in [0.15, 0.2) is 18.2 Å². The Bertz CT molecular complexity index is 476. The molecule has 1 aliphatic rings. The predicted molar refractivity (Wildman–Crippen MR) is 79.9 cm³/mol. The number of likely N-dealkylation sites (N-methyl/N-ethyl adjacent to an activating group) is 1. The van der Waals surface area contributed by atoms with Crippen LogP contribution in [-0.4, -0.2) is 32.7 Å². The molecule has 1 aromatic carbocycles. The number of benzene rings is 1. The maximum atomic E-state index is 12.1. The zero-order chi connectivity index (χ0) is 14.5. The van der Waals surface area contributed by atoms with Crippen LogP contribution in [0, 0.1) is 0 Å². The zero-order valence-corrected chi connectivity index (χ0v) is 12.2. The molecule has 1 aromatic rings. The number of methoxy groups -OCH3 is 1. The molecule has 2 rings (SSSR count). The van der Waals surface area contributed by atoms with Crippen LogP contribution in [0.5, 0.6) is 5.75 Å². The Kier molecular flexibility index (Phi) is 4.84. The fourth-order valence-corrected chi connectivity index (χ4v) is 2.77. The van der Waals surface area contributed by atoms with Gasteiger partial charge in [0.15, 0.2) is 0 Å². The van der Waals surface area contributed by atoms with Gasteiger partial charge in [0.1, 0.15) is 11.8 Å². The molecule has 1 unspecified atom stereocenters. The number of nitrogens with two attached hydrogens (primary N) is 1. The number of piperidine rings is 1. The summed E-state index contributed by atoms with van der Waals surface area (Å²) < 4.78 is 5.30. The highest BCUT2D eigenvalue weighted by molar-refractivity contribution is 5.85. The second-order valence-electron chi connectivity index (χ2n) is 5.02. The van der Waals surface area contributed by atoms with Gasteiger partial charge in [-0.15, -0.1) is 0 Å². The van der Waals surface area contributed by atoms with E-state index in [0.717, 1.165) is 42.8 Å². The van der Waals surface area contributed by atoms with E-state index in [4.69, 9.17) is 10.5 Å². The first-order valence-corrected chi connectivity index (χ1v) is 7.06. The SMILES string of the molecule is CNC(=O)C1CCCCN1c1cc(OC)ccc1CN. The summed E-state index contributed by atoms with van der Waals surface area (Å²) in [6.45, 7) is 1.33. The van der Waals surface area contributed by atoms with Crippen LogP contribution in [0.25, 0.3) is 0 Å². The molecule has 0 aliphatic carbocycles. The standard InChI is InChI=1S/C15H23N3O2/c1-17-15(19)13-5-3-4-8-18(13)14-9-12(20-2)7-6-11(14)10-16/h6-7,9,13H,3-5,8,10,16H2,1-2H3,(H,17,19). The quantitative estimate of drug-likeness (QED) is 0.869. The number of anilines is 1. The number of nitrogens with one attached hydrogen (secondary N) is 1. The van der Waals surface area contributed by atoms with Crippen LogP contribution >= 0.6 is 0 Å². The van der Waals surface area contributed by atoms with E-state index >= 15 is 0 Å². The molecule has 1 heterocycles. The summed E-state index contributed by atoms with van der Waals surface area (Å²) in [7, 11) is 3.33. The number of amides is 1. The number of hydrogen-bond donors (Lipinski definition) is 2. The molecule has 3 N–H and O–H groups in total. The third-order valence-electron chi connectivity index (χ3n) is 3.87. The van der Waals surface area contributed by atoms with Crippen molar-refractivity contribution in [2.75, 3.05) is 25.6 Å². The Labute approximate surface area is 120 Å². The molecule has 0 aromatic heterocycles. The van der Waals surface area contributed by atoms with Crippen molar-refractivity contribution in [2.45, 2.75) is 31.8 Å². The summed E-state index contributed by atoms with van der Waals surface area (Å²) in [4.78, 5) is 14.2. The molecule has 1 fully saturated rings. The second kappa shape index (κ2) is 6.61. The van der Waals surface area contributed by atoms with E-state index < -0.39 is 0 Å². The molecule has 1 amide bonds. The number of rotatable bonds is 4. The predicted octanol–water partition coefficient (Wildman–Crippen LogP) is 1.26. The summed E-state index contributed by atoms with van der Waals surface area (Å²) in [5.74, 6) is 0.855. The topological polar surface area (TPSA) is 67.6 Å². The second-order valence-corrected chi connectivity index (χ2v) is 5.02. The highest BCUT2D eigenvalue weighted by Gasteiger charge is 2.29. The van der Waals surface area contributed by atoms with E-state index in [0.29, 0.717) is 6.54 Å². The van der Waals surface area contributed by atoms with Gasteiger partial charge in [-0.25, -0.2) is 0 Å². The summed E-state index contributed by atoms with van der Waals surface area (Å²) in [5, 5.41) is 2.76. The van der Waals surface area contributed by atoms with Gasteiger partial charge in [0.25, 0.3) is 0 Å². The maximum absolute atomic E-state index is 12.1. The van der Waals surface area contributed by atoms with E-state index in [1.807, 2.05) is 18.2 Å². The first kappa shape index (κ1) is 14.7. The Morgan fingerprint density at radius 1 is 1.50 bits per heavy atom. The number of carbonyl (C=O) groups is 1. The molecule has 1 atom stereocenters. The van der Waals surface area contributed by atoms with Gasteiger partial charge in [0, 0.05) is 31.9 Å². The Morgan fingerprint density at radius 3 is 2.95 bits per heavy atom. The highest BCUT2D eigenvalue weighted by atomic mass is 16.5. The molecule has 1 aliphatic heterocycles. The first-order valence-electron chi connectivity index (χ1n) is 7.06.